The number of carbonyl (C=O) groups is 2. The summed E-state index contributed by atoms with van der Waals surface area (Å²) in [5.74, 6) is -1.24. The fourth-order valence-electron chi connectivity index (χ4n) is 1.34. The van der Waals surface area contributed by atoms with E-state index < -0.39 is 12.0 Å². The number of phenols is 1. The zero-order chi connectivity index (χ0) is 13.0. The number of aliphatic carboxylic acids is 1. The van der Waals surface area contributed by atoms with Crippen molar-refractivity contribution in [1.82, 2.24) is 3.11 Å². The lowest BCUT2D eigenvalue weighted by atomic mass is 10.1. The Morgan fingerprint density at radius 3 is 2.29 bits per heavy atom. The molecule has 1 atom stereocenters. The molecule has 0 bridgehead atoms. The molecule has 1 rings (SSSR count). The molecule has 0 saturated heterocycles. The van der Waals surface area contributed by atoms with Gasteiger partial charge >= 0.3 is 5.97 Å². The number of halogens is 1. The van der Waals surface area contributed by atoms with Crippen molar-refractivity contribution in [2.75, 3.05) is 0 Å². The Bertz CT molecular complexity index is 418. The second kappa shape index (κ2) is 5.85. The van der Waals surface area contributed by atoms with Crippen LogP contribution in [0.2, 0.25) is 0 Å². The van der Waals surface area contributed by atoms with E-state index in [0.717, 1.165) is 8.68 Å². The summed E-state index contributed by atoms with van der Waals surface area (Å²) < 4.78 is 1.16. The quantitative estimate of drug-likeness (QED) is 0.639. The maximum Gasteiger partial charge on any atom is 0.327 e. The Balaban J connectivity index is 2.84. The van der Waals surface area contributed by atoms with Crippen LogP contribution in [0.1, 0.15) is 12.5 Å². The third-order valence-corrected chi connectivity index (χ3v) is 3.58. The molecule has 0 fully saturated rings. The smallest absolute Gasteiger partial charge is 0.327 e. The van der Waals surface area contributed by atoms with Crippen LogP contribution in [0.5, 0.6) is 5.75 Å². The third kappa shape index (κ3) is 3.88. The number of rotatable bonds is 4. The Kier molecular flexibility index (Phi) is 4.73. The fraction of sp³-hybridized carbons (Fsp3) is 0.273. The van der Waals surface area contributed by atoms with Crippen molar-refractivity contribution in [2.24, 2.45) is 0 Å². The summed E-state index contributed by atoms with van der Waals surface area (Å²) in [6.45, 7) is 1.32. The molecule has 1 amide bonds. The van der Waals surface area contributed by atoms with Crippen LogP contribution in [0.4, 0.5) is 0 Å². The second-order valence-electron chi connectivity index (χ2n) is 3.55. The highest BCUT2D eigenvalue weighted by molar-refractivity contribution is 14.1. The molecule has 1 aromatic rings. The van der Waals surface area contributed by atoms with Gasteiger partial charge < -0.3 is 10.2 Å². The molecule has 0 aliphatic heterocycles. The Hall–Kier alpha value is -1.31. The van der Waals surface area contributed by atoms with Gasteiger partial charge in [0, 0.05) is 13.3 Å². The van der Waals surface area contributed by atoms with Gasteiger partial charge in [0.25, 0.3) is 0 Å². The summed E-state index contributed by atoms with van der Waals surface area (Å²) >= 11 is 1.70. The van der Waals surface area contributed by atoms with Gasteiger partial charge in [0.1, 0.15) is 11.8 Å². The summed E-state index contributed by atoms with van der Waals surface area (Å²) in [6, 6.07) is 5.34. The molecule has 0 aromatic heterocycles. The number of nitrogens with zero attached hydrogens (tertiary/aromatic N) is 1. The molecule has 2 N–H and O–H groups in total. The van der Waals surface area contributed by atoms with Gasteiger partial charge in [-0.3, -0.25) is 7.91 Å². The number of carboxylic acids is 1. The minimum Gasteiger partial charge on any atom is -0.508 e. The van der Waals surface area contributed by atoms with Gasteiger partial charge in [0.15, 0.2) is 0 Å². The molecule has 1 unspecified atom stereocenters. The second-order valence-corrected chi connectivity index (χ2v) is 4.59. The topological polar surface area (TPSA) is 77.8 Å². The first-order valence-electron chi connectivity index (χ1n) is 4.88. The lowest BCUT2D eigenvalue weighted by molar-refractivity contribution is -0.144. The van der Waals surface area contributed by atoms with Crippen LogP contribution in [-0.4, -0.2) is 31.2 Å². The molecular weight excluding hydrogens is 337 g/mol. The van der Waals surface area contributed by atoms with Crippen LogP contribution in [0, 0.1) is 0 Å². The Morgan fingerprint density at radius 1 is 1.35 bits per heavy atom. The molecule has 0 radical (unpaired) electrons. The van der Waals surface area contributed by atoms with Crippen molar-refractivity contribution < 1.29 is 19.8 Å². The van der Waals surface area contributed by atoms with E-state index in [9.17, 15) is 9.59 Å². The minimum absolute atomic E-state index is 0.124. The molecule has 5 nitrogen and oxygen atoms in total. The molecular formula is C11H12INO4. The molecule has 17 heavy (non-hydrogen) atoms. The third-order valence-electron chi connectivity index (χ3n) is 2.22. The average molecular weight is 349 g/mol. The zero-order valence-corrected chi connectivity index (χ0v) is 11.3. The van der Waals surface area contributed by atoms with Crippen LogP contribution >= 0.6 is 22.9 Å². The van der Waals surface area contributed by atoms with Crippen molar-refractivity contribution in [3.63, 3.8) is 0 Å². The van der Waals surface area contributed by atoms with Crippen molar-refractivity contribution in [3.05, 3.63) is 29.8 Å². The lowest BCUT2D eigenvalue weighted by Crippen LogP contribution is -2.38. The lowest BCUT2D eigenvalue weighted by Gasteiger charge is -2.21. The van der Waals surface area contributed by atoms with E-state index in [0.29, 0.717) is 0 Å². The van der Waals surface area contributed by atoms with Crippen molar-refractivity contribution in [1.29, 1.82) is 0 Å². The van der Waals surface area contributed by atoms with Crippen LogP contribution < -0.4 is 0 Å². The highest BCUT2D eigenvalue weighted by Gasteiger charge is 2.26. The number of carbonyl (C=O) groups excluding carboxylic acids is 1. The number of benzene rings is 1. The zero-order valence-electron chi connectivity index (χ0n) is 9.13. The highest BCUT2D eigenvalue weighted by Crippen LogP contribution is 2.16. The molecule has 0 saturated carbocycles. The van der Waals surface area contributed by atoms with Crippen molar-refractivity contribution >= 4 is 34.7 Å². The first-order chi connectivity index (χ1) is 7.91. The number of amides is 1. The SMILES string of the molecule is CC(=O)N(I)C(Cc1ccc(O)cc1)C(=O)O. The Morgan fingerprint density at radius 2 is 1.88 bits per heavy atom. The molecule has 0 spiro atoms. The largest absolute Gasteiger partial charge is 0.508 e. The van der Waals surface area contributed by atoms with Gasteiger partial charge in [0.05, 0.1) is 22.9 Å². The van der Waals surface area contributed by atoms with E-state index in [2.05, 4.69) is 0 Å². The van der Waals surface area contributed by atoms with Crippen molar-refractivity contribution in [2.45, 2.75) is 19.4 Å². The van der Waals surface area contributed by atoms with Crippen LogP contribution in [0.25, 0.3) is 0 Å². The standard InChI is InChI=1S/C11H12INO4/c1-7(14)13(12)10(11(16)17)6-8-2-4-9(15)5-3-8/h2-5,10,15H,6H2,1H3,(H,16,17). The molecule has 0 aliphatic rings. The number of carboxylic acid groups (broad SMARTS) is 1. The predicted molar refractivity (Wildman–Crippen MR) is 69.8 cm³/mol. The first kappa shape index (κ1) is 13.8. The summed E-state index contributed by atoms with van der Waals surface area (Å²) in [7, 11) is 0. The molecule has 0 heterocycles. The van der Waals surface area contributed by atoms with E-state index in [4.69, 9.17) is 10.2 Å². The summed E-state index contributed by atoms with van der Waals surface area (Å²) in [5.41, 5.74) is 0.748. The van der Waals surface area contributed by atoms with Gasteiger partial charge in [0.2, 0.25) is 5.91 Å². The van der Waals surface area contributed by atoms with Gasteiger partial charge in [-0.15, -0.1) is 0 Å². The van der Waals surface area contributed by atoms with Gasteiger partial charge in [-0.2, -0.15) is 0 Å². The van der Waals surface area contributed by atoms with E-state index in [1.165, 1.54) is 19.1 Å². The monoisotopic (exact) mass is 349 g/mol. The highest BCUT2D eigenvalue weighted by atomic mass is 127. The van der Waals surface area contributed by atoms with Gasteiger partial charge in [-0.05, 0) is 17.7 Å². The van der Waals surface area contributed by atoms with Gasteiger partial charge in [-0.25, -0.2) is 4.79 Å². The summed E-state index contributed by atoms with van der Waals surface area (Å²) in [5, 5.41) is 18.2. The normalized spacial score (nSPS) is 11.9. The molecule has 92 valence electrons. The first-order valence-corrected chi connectivity index (χ1v) is 5.84. The molecule has 6 heteroatoms. The van der Waals surface area contributed by atoms with Crippen LogP contribution in [0.3, 0.4) is 0 Å². The van der Waals surface area contributed by atoms with E-state index in [1.54, 1.807) is 35.0 Å². The minimum atomic E-state index is -1.05. The maximum atomic E-state index is 11.1. The summed E-state index contributed by atoms with van der Waals surface area (Å²) in [6.07, 6.45) is 0.206. The Labute approximate surface area is 113 Å². The summed E-state index contributed by atoms with van der Waals surface area (Å²) in [4.78, 5) is 22.2. The number of hydrogen-bond donors (Lipinski definition) is 2. The van der Waals surface area contributed by atoms with E-state index in [1.807, 2.05) is 0 Å². The predicted octanol–water partition coefficient (Wildman–Crippen LogP) is 1.59. The van der Waals surface area contributed by atoms with Gasteiger partial charge in [-0.1, -0.05) is 12.1 Å². The fourth-order valence-corrected chi connectivity index (χ4v) is 1.77. The number of hydrogen-bond acceptors (Lipinski definition) is 3. The average Bonchev–Trinajstić information content (AvgIpc) is 2.26. The molecule has 1 aromatic carbocycles. The number of aromatic hydroxyl groups is 1. The maximum absolute atomic E-state index is 11.1. The molecule has 0 aliphatic carbocycles. The van der Waals surface area contributed by atoms with Crippen LogP contribution in [-0.2, 0) is 16.0 Å². The van der Waals surface area contributed by atoms with E-state index >= 15 is 0 Å². The van der Waals surface area contributed by atoms with E-state index in [-0.39, 0.29) is 18.1 Å². The van der Waals surface area contributed by atoms with Crippen LogP contribution in [0.15, 0.2) is 24.3 Å². The number of phenolic OH excluding ortho intramolecular Hbond substituents is 1. The van der Waals surface area contributed by atoms with Crippen molar-refractivity contribution in [3.8, 4) is 5.75 Å².